The Morgan fingerprint density at radius 2 is 2.25 bits per heavy atom. The molecule has 0 spiro atoms. The third kappa shape index (κ3) is 2.83. The topological polar surface area (TPSA) is 169 Å². The fourth-order valence-corrected chi connectivity index (χ4v) is 2.69. The van der Waals surface area contributed by atoms with Crippen LogP contribution in [0.3, 0.4) is 0 Å². The van der Waals surface area contributed by atoms with Gasteiger partial charge in [0.25, 0.3) is 0 Å². The van der Waals surface area contributed by atoms with Gasteiger partial charge in [-0.3, -0.25) is 4.57 Å². The maximum atomic E-state index is 10.5. The standard InChI is InChI=1S/C12H12N5O6P/c1-2-6-15-10(13)7-11(16-6)17(4-14-7)12-9(19)8(18)5(23-12)3-22-24(20)21/h1,4-5,8-9,12,18-19H,3H2,(H2,13,15,16)/t5-,8-,9-,12-/m1/s1. The first-order valence-electron chi connectivity index (χ1n) is 6.68. The minimum Gasteiger partial charge on any atom is -0.566 e. The first-order chi connectivity index (χ1) is 11.4. The monoisotopic (exact) mass is 353 g/mol. The Bertz CT molecular complexity index is 835. The summed E-state index contributed by atoms with van der Waals surface area (Å²) in [6.07, 6.45) is 1.70. The number of rotatable bonds is 4. The molecule has 4 N–H and O–H groups in total. The zero-order chi connectivity index (χ0) is 17.4. The molecule has 0 amide bonds. The molecule has 0 aromatic carbocycles. The number of nitrogens with two attached hydrogens (primary N) is 1. The molecular formula is C12H12N5O6P. The van der Waals surface area contributed by atoms with Crippen molar-refractivity contribution in [1.29, 1.82) is 0 Å². The molecular weight excluding hydrogens is 341 g/mol. The van der Waals surface area contributed by atoms with Crippen molar-refractivity contribution >= 4 is 25.2 Å². The van der Waals surface area contributed by atoms with E-state index in [9.17, 15) is 19.7 Å². The van der Waals surface area contributed by atoms with Gasteiger partial charge in [-0.1, -0.05) is 0 Å². The number of aromatic nitrogens is 4. The van der Waals surface area contributed by atoms with Gasteiger partial charge in [0.1, 0.15) is 30.4 Å². The summed E-state index contributed by atoms with van der Waals surface area (Å²) in [7, 11) is -3.10. The summed E-state index contributed by atoms with van der Waals surface area (Å²) in [4.78, 5) is 22.5. The van der Waals surface area contributed by atoms with Crippen LogP contribution >= 0.6 is 8.25 Å². The SMILES string of the molecule is C#Cc1nc(N)c2ncn([C@@H]3O[C@H](CO[P+](=O)[O-])[C@@H](O)[C@H]3O)c2n1. The van der Waals surface area contributed by atoms with Gasteiger partial charge in [0.2, 0.25) is 5.82 Å². The Kier molecular flexibility index (Phi) is 4.42. The second-order valence-electron chi connectivity index (χ2n) is 4.97. The van der Waals surface area contributed by atoms with Crippen LogP contribution in [0.4, 0.5) is 5.82 Å². The average Bonchev–Trinajstić information content (AvgIpc) is 3.08. The van der Waals surface area contributed by atoms with Gasteiger partial charge in [0.15, 0.2) is 17.7 Å². The van der Waals surface area contributed by atoms with E-state index < -0.39 is 39.4 Å². The molecule has 1 saturated heterocycles. The van der Waals surface area contributed by atoms with E-state index in [1.165, 1.54) is 10.9 Å². The highest BCUT2D eigenvalue weighted by Gasteiger charge is 2.45. The summed E-state index contributed by atoms with van der Waals surface area (Å²) in [6.45, 7) is -0.438. The van der Waals surface area contributed by atoms with Crippen LogP contribution in [-0.2, 0) is 13.8 Å². The van der Waals surface area contributed by atoms with Crippen molar-refractivity contribution < 1.29 is 28.9 Å². The number of hydrogen-bond acceptors (Lipinski definition) is 10. The van der Waals surface area contributed by atoms with Crippen molar-refractivity contribution in [3.05, 3.63) is 12.2 Å². The number of hydrogen-bond donors (Lipinski definition) is 3. The van der Waals surface area contributed by atoms with E-state index in [1.807, 2.05) is 0 Å². The van der Waals surface area contributed by atoms with Gasteiger partial charge in [-0.05, 0) is 10.5 Å². The highest BCUT2D eigenvalue weighted by molar-refractivity contribution is 7.30. The van der Waals surface area contributed by atoms with E-state index in [0.717, 1.165) is 0 Å². The van der Waals surface area contributed by atoms with Crippen molar-refractivity contribution in [2.75, 3.05) is 12.3 Å². The number of aliphatic hydroxyl groups is 2. The molecule has 1 aliphatic rings. The Hall–Kier alpha value is -2.19. The molecule has 3 heterocycles. The van der Waals surface area contributed by atoms with Crippen molar-refractivity contribution in [2.24, 2.45) is 0 Å². The Balaban J connectivity index is 1.94. The minimum atomic E-state index is -3.10. The molecule has 1 fully saturated rings. The molecule has 0 radical (unpaired) electrons. The number of anilines is 1. The van der Waals surface area contributed by atoms with E-state index in [2.05, 4.69) is 25.4 Å². The fourth-order valence-electron chi connectivity index (χ4n) is 2.42. The van der Waals surface area contributed by atoms with Gasteiger partial charge in [-0.15, -0.1) is 10.9 Å². The van der Waals surface area contributed by atoms with Crippen LogP contribution in [0, 0.1) is 12.3 Å². The van der Waals surface area contributed by atoms with Gasteiger partial charge in [-0.2, -0.15) is 0 Å². The number of imidazole rings is 1. The van der Waals surface area contributed by atoms with Crippen LogP contribution in [0.25, 0.3) is 11.2 Å². The van der Waals surface area contributed by atoms with Crippen LogP contribution in [0.15, 0.2) is 6.33 Å². The normalized spacial score (nSPS) is 27.3. The van der Waals surface area contributed by atoms with Crippen molar-refractivity contribution in [1.82, 2.24) is 19.5 Å². The van der Waals surface area contributed by atoms with Crippen LogP contribution < -0.4 is 10.6 Å². The molecule has 24 heavy (non-hydrogen) atoms. The average molecular weight is 353 g/mol. The van der Waals surface area contributed by atoms with E-state index in [4.69, 9.17) is 16.9 Å². The van der Waals surface area contributed by atoms with E-state index in [1.54, 1.807) is 0 Å². The molecule has 0 bridgehead atoms. The highest BCUT2D eigenvalue weighted by atomic mass is 31.1. The second-order valence-corrected chi connectivity index (χ2v) is 5.67. The van der Waals surface area contributed by atoms with Gasteiger partial charge in [-0.25, -0.2) is 15.0 Å². The number of aliphatic hydroxyl groups excluding tert-OH is 2. The van der Waals surface area contributed by atoms with E-state index >= 15 is 0 Å². The van der Waals surface area contributed by atoms with Crippen molar-refractivity contribution in [3.8, 4) is 12.3 Å². The molecule has 0 saturated carbocycles. The van der Waals surface area contributed by atoms with Crippen molar-refractivity contribution in [2.45, 2.75) is 24.5 Å². The zero-order valence-electron chi connectivity index (χ0n) is 12.0. The summed E-state index contributed by atoms with van der Waals surface area (Å²) in [5, 5.41) is 20.2. The fraction of sp³-hybridized carbons (Fsp3) is 0.417. The van der Waals surface area contributed by atoms with Gasteiger partial charge >= 0.3 is 8.25 Å². The first-order valence-corrected chi connectivity index (χ1v) is 7.77. The smallest absolute Gasteiger partial charge is 0.488 e. The minimum absolute atomic E-state index is 0.0259. The van der Waals surface area contributed by atoms with Crippen LogP contribution in [-0.4, -0.2) is 54.7 Å². The molecule has 11 nitrogen and oxygen atoms in total. The van der Waals surface area contributed by atoms with Crippen LogP contribution in [0.1, 0.15) is 12.1 Å². The number of terminal acetylenes is 1. The summed E-state index contributed by atoms with van der Waals surface area (Å²) in [5.74, 6) is 2.33. The summed E-state index contributed by atoms with van der Waals surface area (Å²) in [6, 6.07) is 0. The molecule has 0 aliphatic carbocycles. The third-order valence-corrected chi connectivity index (χ3v) is 3.89. The lowest BCUT2D eigenvalue weighted by atomic mass is 10.1. The number of nitrogen functional groups attached to an aromatic ring is 1. The molecule has 126 valence electrons. The maximum Gasteiger partial charge on any atom is 0.488 e. The lowest BCUT2D eigenvalue weighted by molar-refractivity contribution is -0.188. The third-order valence-electron chi connectivity index (χ3n) is 3.53. The summed E-state index contributed by atoms with van der Waals surface area (Å²) >= 11 is 0. The molecule has 5 atom stereocenters. The predicted octanol–water partition coefficient (Wildman–Crippen LogP) is -1.96. The Labute approximate surface area is 136 Å². The molecule has 3 rings (SSSR count). The highest BCUT2D eigenvalue weighted by Crippen LogP contribution is 2.33. The Morgan fingerprint density at radius 1 is 1.50 bits per heavy atom. The van der Waals surface area contributed by atoms with Crippen molar-refractivity contribution in [3.63, 3.8) is 0 Å². The zero-order valence-corrected chi connectivity index (χ0v) is 12.9. The molecule has 2 aromatic heterocycles. The largest absolute Gasteiger partial charge is 0.566 e. The number of fused-ring (bicyclic) bond motifs is 1. The first kappa shape index (κ1) is 16.7. The summed E-state index contributed by atoms with van der Waals surface area (Å²) < 4.78 is 21.7. The van der Waals surface area contributed by atoms with E-state index in [0.29, 0.717) is 0 Å². The Morgan fingerprint density at radius 3 is 2.92 bits per heavy atom. The van der Waals surface area contributed by atoms with Gasteiger partial charge < -0.3 is 25.6 Å². The maximum absolute atomic E-state index is 10.5. The second kappa shape index (κ2) is 6.37. The molecule has 1 unspecified atom stereocenters. The van der Waals surface area contributed by atoms with Gasteiger partial charge in [0, 0.05) is 0 Å². The lowest BCUT2D eigenvalue weighted by Crippen LogP contribution is -2.33. The summed E-state index contributed by atoms with van der Waals surface area (Å²) in [5.41, 5.74) is 6.22. The van der Waals surface area contributed by atoms with Crippen LogP contribution in [0.2, 0.25) is 0 Å². The molecule has 12 heteroatoms. The predicted molar refractivity (Wildman–Crippen MR) is 77.2 cm³/mol. The lowest BCUT2D eigenvalue weighted by Gasteiger charge is -2.16. The quantitative estimate of drug-likeness (QED) is 0.414. The van der Waals surface area contributed by atoms with Gasteiger partial charge in [0.05, 0.1) is 6.33 Å². The molecule has 1 aliphatic heterocycles. The molecule has 2 aromatic rings. The van der Waals surface area contributed by atoms with E-state index in [-0.39, 0.29) is 22.8 Å². The van der Waals surface area contributed by atoms with Crippen LogP contribution in [0.5, 0.6) is 0 Å². The number of nitrogens with zero attached hydrogens (tertiary/aromatic N) is 4. The number of ether oxygens (including phenoxy) is 1.